The van der Waals surface area contributed by atoms with E-state index in [0.717, 1.165) is 18.9 Å². The molecule has 4 rings (SSSR count). The van der Waals surface area contributed by atoms with Crippen LogP contribution in [0.4, 0.5) is 10.1 Å². The second kappa shape index (κ2) is 5.89. The SMILES string of the molecule is COC1Oc2cc(F)c(-c3c(Cl)n4n(c3=O)CCCC4)cc2NC1=O. The molecule has 7 nitrogen and oxygen atoms in total. The van der Waals surface area contributed by atoms with Gasteiger partial charge in [-0.2, -0.15) is 0 Å². The highest BCUT2D eigenvalue weighted by Gasteiger charge is 2.31. The molecular formula is C16H15ClFN3O4. The summed E-state index contributed by atoms with van der Waals surface area (Å²) >= 11 is 6.35. The number of carbonyl (C=O) groups is 1. The molecule has 0 saturated heterocycles. The van der Waals surface area contributed by atoms with Gasteiger partial charge in [-0.1, -0.05) is 11.6 Å². The smallest absolute Gasteiger partial charge is 0.294 e. The Bertz CT molecular complexity index is 936. The van der Waals surface area contributed by atoms with Crippen LogP contribution in [-0.4, -0.2) is 28.7 Å². The van der Waals surface area contributed by atoms with Crippen LogP contribution in [0, 0.1) is 5.82 Å². The topological polar surface area (TPSA) is 74.5 Å². The maximum absolute atomic E-state index is 14.7. The van der Waals surface area contributed by atoms with Gasteiger partial charge in [0.1, 0.15) is 16.7 Å². The average Bonchev–Trinajstić information content (AvgIpc) is 2.86. The molecule has 0 bridgehead atoms. The minimum Gasteiger partial charge on any atom is -0.453 e. The van der Waals surface area contributed by atoms with Gasteiger partial charge in [-0.15, -0.1) is 0 Å². The quantitative estimate of drug-likeness (QED) is 0.883. The van der Waals surface area contributed by atoms with Crippen LogP contribution in [-0.2, 0) is 22.6 Å². The van der Waals surface area contributed by atoms with Crippen molar-refractivity contribution in [3.05, 3.63) is 33.5 Å². The highest BCUT2D eigenvalue weighted by Crippen LogP contribution is 2.38. The molecule has 1 aromatic carbocycles. The molecule has 0 aliphatic carbocycles. The first kappa shape index (κ1) is 16.2. The van der Waals surface area contributed by atoms with Crippen LogP contribution in [0.2, 0.25) is 5.15 Å². The number of carbonyl (C=O) groups excluding carboxylic acids is 1. The lowest BCUT2D eigenvalue weighted by Gasteiger charge is -2.25. The molecule has 132 valence electrons. The van der Waals surface area contributed by atoms with Gasteiger partial charge in [0.15, 0.2) is 0 Å². The monoisotopic (exact) mass is 367 g/mol. The molecule has 1 N–H and O–H groups in total. The minimum atomic E-state index is -1.14. The number of nitrogens with zero attached hydrogens (tertiary/aromatic N) is 2. The van der Waals surface area contributed by atoms with Crippen molar-refractivity contribution in [1.82, 2.24) is 9.36 Å². The van der Waals surface area contributed by atoms with E-state index in [1.165, 1.54) is 17.9 Å². The predicted octanol–water partition coefficient (Wildman–Crippen LogP) is 2.21. The predicted molar refractivity (Wildman–Crippen MR) is 88.4 cm³/mol. The molecule has 0 saturated carbocycles. The molecule has 3 heterocycles. The zero-order chi connectivity index (χ0) is 17.7. The van der Waals surface area contributed by atoms with Gasteiger partial charge in [0.2, 0.25) is 0 Å². The van der Waals surface area contributed by atoms with Gasteiger partial charge >= 0.3 is 0 Å². The number of anilines is 1. The third-order valence-corrected chi connectivity index (χ3v) is 4.81. The normalized spacial score (nSPS) is 19.0. The first-order valence-corrected chi connectivity index (χ1v) is 8.22. The number of benzene rings is 1. The van der Waals surface area contributed by atoms with Crippen LogP contribution in [0.3, 0.4) is 0 Å². The van der Waals surface area contributed by atoms with Crippen LogP contribution in [0.25, 0.3) is 11.1 Å². The Hall–Kier alpha value is -2.32. The molecule has 2 aliphatic heterocycles. The fourth-order valence-corrected chi connectivity index (χ4v) is 3.57. The standard InChI is InChI=1S/C16H15ClFN3O4/c1-24-16-14(22)19-10-6-8(9(18)7-11(10)25-16)12-13(17)20-4-2-3-5-21(20)15(12)23/h6-7,16H,2-5H2,1H3,(H,19,22). The highest BCUT2D eigenvalue weighted by molar-refractivity contribution is 6.32. The summed E-state index contributed by atoms with van der Waals surface area (Å²) in [6.45, 7) is 1.15. The number of halogens is 2. The molecule has 1 atom stereocenters. The summed E-state index contributed by atoms with van der Waals surface area (Å²) in [6.07, 6.45) is 0.630. The maximum atomic E-state index is 14.7. The van der Waals surface area contributed by atoms with Gasteiger partial charge in [-0.3, -0.25) is 14.3 Å². The Labute approximate surface area is 146 Å². The number of amides is 1. The number of rotatable bonds is 2. The molecule has 9 heteroatoms. The van der Waals surface area contributed by atoms with Gasteiger partial charge < -0.3 is 14.8 Å². The molecule has 2 aromatic rings. The summed E-state index contributed by atoms with van der Waals surface area (Å²) in [5, 5.41) is 2.78. The van der Waals surface area contributed by atoms with E-state index < -0.39 is 18.0 Å². The van der Waals surface area contributed by atoms with Gasteiger partial charge in [0, 0.05) is 31.8 Å². The van der Waals surface area contributed by atoms with Gasteiger partial charge in [0.25, 0.3) is 17.8 Å². The molecule has 0 radical (unpaired) electrons. The average molecular weight is 368 g/mol. The summed E-state index contributed by atoms with van der Waals surface area (Å²) < 4.78 is 28.0. The Morgan fingerprint density at radius 3 is 2.68 bits per heavy atom. The molecule has 25 heavy (non-hydrogen) atoms. The molecule has 1 unspecified atom stereocenters. The molecule has 0 fully saturated rings. The third kappa shape index (κ3) is 2.44. The number of nitrogens with one attached hydrogen (secondary N) is 1. The van der Waals surface area contributed by atoms with Crippen molar-refractivity contribution in [2.24, 2.45) is 0 Å². The van der Waals surface area contributed by atoms with Crippen molar-refractivity contribution in [3.63, 3.8) is 0 Å². The highest BCUT2D eigenvalue weighted by atomic mass is 35.5. The Morgan fingerprint density at radius 2 is 2.00 bits per heavy atom. The van der Waals surface area contributed by atoms with Crippen LogP contribution in [0.15, 0.2) is 16.9 Å². The molecule has 0 spiro atoms. The first-order chi connectivity index (χ1) is 12.0. The fraction of sp³-hybridized carbons (Fsp3) is 0.375. The van der Waals surface area contributed by atoms with Gasteiger partial charge in [0.05, 0.1) is 11.3 Å². The van der Waals surface area contributed by atoms with Gasteiger partial charge in [-0.05, 0) is 18.9 Å². The van der Waals surface area contributed by atoms with Crippen molar-refractivity contribution in [1.29, 1.82) is 0 Å². The van der Waals surface area contributed by atoms with E-state index in [1.807, 2.05) is 0 Å². The number of ether oxygens (including phenoxy) is 2. The molecule has 1 aromatic heterocycles. The van der Waals surface area contributed by atoms with Crippen molar-refractivity contribution >= 4 is 23.2 Å². The number of methoxy groups -OCH3 is 1. The Kier molecular flexibility index (Phi) is 3.81. The second-order valence-electron chi connectivity index (χ2n) is 5.93. The van der Waals surface area contributed by atoms with Crippen LogP contribution in [0.1, 0.15) is 12.8 Å². The lowest BCUT2D eigenvalue weighted by Crippen LogP contribution is -2.38. The van der Waals surface area contributed by atoms with Gasteiger partial charge in [-0.25, -0.2) is 9.07 Å². The molecule has 2 aliphatic rings. The number of hydrogen-bond acceptors (Lipinski definition) is 4. The summed E-state index contributed by atoms with van der Waals surface area (Å²) in [5.41, 5.74) is 0.0376. The van der Waals surface area contributed by atoms with Crippen molar-refractivity contribution in [3.8, 4) is 16.9 Å². The van der Waals surface area contributed by atoms with E-state index in [0.29, 0.717) is 13.1 Å². The lowest BCUT2D eigenvalue weighted by molar-refractivity contribution is -0.143. The minimum absolute atomic E-state index is 0.0305. The number of fused-ring (bicyclic) bond motifs is 2. The number of aromatic nitrogens is 2. The second-order valence-corrected chi connectivity index (χ2v) is 6.29. The first-order valence-electron chi connectivity index (χ1n) is 7.84. The van der Waals surface area contributed by atoms with E-state index in [9.17, 15) is 14.0 Å². The van der Waals surface area contributed by atoms with Crippen molar-refractivity contribution in [2.45, 2.75) is 32.2 Å². The Morgan fingerprint density at radius 1 is 1.28 bits per heavy atom. The zero-order valence-corrected chi connectivity index (χ0v) is 14.1. The van der Waals surface area contributed by atoms with Crippen molar-refractivity contribution in [2.75, 3.05) is 12.4 Å². The zero-order valence-electron chi connectivity index (χ0n) is 13.3. The molecule has 1 amide bonds. The van der Waals surface area contributed by atoms with E-state index in [2.05, 4.69) is 5.32 Å². The summed E-state index contributed by atoms with van der Waals surface area (Å²) in [5.74, 6) is -1.04. The van der Waals surface area contributed by atoms with Crippen LogP contribution >= 0.6 is 11.6 Å². The van der Waals surface area contributed by atoms with E-state index in [4.69, 9.17) is 21.1 Å². The van der Waals surface area contributed by atoms with E-state index in [1.54, 1.807) is 4.68 Å². The summed E-state index contributed by atoms with van der Waals surface area (Å²) in [7, 11) is 1.31. The summed E-state index contributed by atoms with van der Waals surface area (Å²) in [6, 6.07) is 2.48. The lowest BCUT2D eigenvalue weighted by atomic mass is 10.1. The largest absolute Gasteiger partial charge is 0.453 e. The third-order valence-electron chi connectivity index (χ3n) is 4.42. The van der Waals surface area contributed by atoms with E-state index >= 15 is 0 Å². The number of hydrogen-bond donors (Lipinski definition) is 1. The summed E-state index contributed by atoms with van der Waals surface area (Å²) in [4.78, 5) is 24.5. The van der Waals surface area contributed by atoms with Crippen molar-refractivity contribution < 1.29 is 18.7 Å². The van der Waals surface area contributed by atoms with Crippen LogP contribution in [0.5, 0.6) is 5.75 Å². The fourth-order valence-electron chi connectivity index (χ4n) is 3.21. The van der Waals surface area contributed by atoms with E-state index in [-0.39, 0.29) is 33.3 Å². The maximum Gasteiger partial charge on any atom is 0.294 e. The Balaban J connectivity index is 1.86. The van der Waals surface area contributed by atoms with Crippen LogP contribution < -0.4 is 15.6 Å². The molecular weight excluding hydrogens is 353 g/mol.